The minimum absolute atomic E-state index is 0.0279. The largest absolute Gasteiger partial charge is 0.353 e. The van der Waals surface area contributed by atoms with Gasteiger partial charge in [0.1, 0.15) is 0 Å². The van der Waals surface area contributed by atoms with Crippen molar-refractivity contribution in [1.29, 1.82) is 0 Å². The molecule has 0 aromatic heterocycles. The number of carbonyl (C=O) groups is 1. The predicted molar refractivity (Wildman–Crippen MR) is 113 cm³/mol. The normalized spacial score (nSPS) is 20.7. The second-order valence-electron chi connectivity index (χ2n) is 8.48. The minimum atomic E-state index is -0.0279. The van der Waals surface area contributed by atoms with Crippen molar-refractivity contribution in [3.05, 3.63) is 48.0 Å². The molecule has 4 heteroatoms. The van der Waals surface area contributed by atoms with E-state index < -0.39 is 0 Å². The molecule has 1 saturated heterocycles. The lowest BCUT2D eigenvalue weighted by Gasteiger charge is -2.25. The number of rotatable bonds is 7. The maximum Gasteiger partial charge on any atom is 0.237 e. The molecule has 1 amide bonds. The number of amides is 1. The third kappa shape index (κ3) is 5.08. The molecule has 0 bridgehead atoms. The molecule has 1 aliphatic rings. The van der Waals surface area contributed by atoms with E-state index in [1.54, 1.807) is 0 Å². The number of carbonyl (C=O) groups excluding carboxylic acids is 1. The van der Waals surface area contributed by atoms with Gasteiger partial charge in [0.2, 0.25) is 5.91 Å². The van der Waals surface area contributed by atoms with Crippen molar-refractivity contribution >= 4 is 16.7 Å². The van der Waals surface area contributed by atoms with Gasteiger partial charge in [-0.25, -0.2) is 0 Å². The van der Waals surface area contributed by atoms with Gasteiger partial charge in [0.05, 0.1) is 6.04 Å². The molecule has 146 valence electrons. The summed E-state index contributed by atoms with van der Waals surface area (Å²) in [7, 11) is 0. The maximum atomic E-state index is 12.7. The average molecular weight is 368 g/mol. The van der Waals surface area contributed by atoms with Gasteiger partial charge in [-0.15, -0.1) is 0 Å². The number of hydrogen-bond acceptors (Lipinski definition) is 3. The lowest BCUT2D eigenvalue weighted by Crippen LogP contribution is -2.46. The summed E-state index contributed by atoms with van der Waals surface area (Å²) in [4.78, 5) is 15.0. The van der Waals surface area contributed by atoms with E-state index >= 15 is 0 Å². The van der Waals surface area contributed by atoms with Crippen LogP contribution in [0.1, 0.15) is 39.7 Å². The van der Waals surface area contributed by atoms with Crippen molar-refractivity contribution in [1.82, 2.24) is 15.5 Å². The SMILES string of the molecule is CC(C)CN1C[C@H](NCc2cccc3ccccc23)C[C@H]1C(=O)NC(C)C. The Morgan fingerprint density at radius 2 is 1.85 bits per heavy atom. The van der Waals surface area contributed by atoms with Crippen LogP contribution in [-0.2, 0) is 11.3 Å². The van der Waals surface area contributed by atoms with Crippen LogP contribution in [0.25, 0.3) is 10.8 Å². The Hall–Kier alpha value is -1.91. The molecule has 0 radical (unpaired) electrons. The van der Waals surface area contributed by atoms with Crippen molar-refractivity contribution in [3.8, 4) is 0 Å². The van der Waals surface area contributed by atoms with Crippen LogP contribution in [0, 0.1) is 5.92 Å². The van der Waals surface area contributed by atoms with Crippen molar-refractivity contribution < 1.29 is 4.79 Å². The highest BCUT2D eigenvalue weighted by atomic mass is 16.2. The smallest absolute Gasteiger partial charge is 0.237 e. The summed E-state index contributed by atoms with van der Waals surface area (Å²) in [5.41, 5.74) is 1.32. The van der Waals surface area contributed by atoms with Crippen LogP contribution < -0.4 is 10.6 Å². The van der Waals surface area contributed by atoms with Gasteiger partial charge in [-0.05, 0) is 42.5 Å². The van der Waals surface area contributed by atoms with Gasteiger partial charge in [-0.1, -0.05) is 56.3 Å². The Labute approximate surface area is 163 Å². The van der Waals surface area contributed by atoms with Crippen LogP contribution in [0.5, 0.6) is 0 Å². The van der Waals surface area contributed by atoms with Crippen molar-refractivity contribution in [3.63, 3.8) is 0 Å². The highest BCUT2D eigenvalue weighted by Gasteiger charge is 2.36. The summed E-state index contributed by atoms with van der Waals surface area (Å²) in [5.74, 6) is 0.719. The van der Waals surface area contributed by atoms with Crippen molar-refractivity contribution in [2.45, 2.75) is 58.8 Å². The molecule has 1 heterocycles. The fourth-order valence-electron chi connectivity index (χ4n) is 4.08. The maximum absolute atomic E-state index is 12.7. The summed E-state index contributed by atoms with van der Waals surface area (Å²) in [6.45, 7) is 11.2. The third-order valence-corrected chi connectivity index (χ3v) is 5.20. The van der Waals surface area contributed by atoms with E-state index in [9.17, 15) is 4.79 Å². The number of benzene rings is 2. The molecule has 2 atom stereocenters. The summed E-state index contributed by atoms with van der Waals surface area (Å²) in [6.07, 6.45) is 0.871. The zero-order valence-corrected chi connectivity index (χ0v) is 17.0. The molecular weight excluding hydrogens is 334 g/mol. The van der Waals surface area contributed by atoms with Gasteiger partial charge in [-0.2, -0.15) is 0 Å². The van der Waals surface area contributed by atoms with E-state index in [-0.39, 0.29) is 18.0 Å². The standard InChI is InChI=1S/C23H33N3O/c1-16(2)14-26-15-20(12-22(26)23(27)25-17(3)4)24-13-19-10-7-9-18-8-5-6-11-21(18)19/h5-11,16-17,20,22,24H,12-15H2,1-4H3,(H,25,27)/t20-,22+/m1/s1. The molecule has 0 spiro atoms. The lowest BCUT2D eigenvalue weighted by molar-refractivity contribution is -0.126. The van der Waals surface area contributed by atoms with E-state index in [4.69, 9.17) is 0 Å². The third-order valence-electron chi connectivity index (χ3n) is 5.20. The topological polar surface area (TPSA) is 44.4 Å². The summed E-state index contributed by atoms with van der Waals surface area (Å²) >= 11 is 0. The Morgan fingerprint density at radius 1 is 1.11 bits per heavy atom. The fourth-order valence-corrected chi connectivity index (χ4v) is 4.08. The molecule has 0 saturated carbocycles. The lowest BCUT2D eigenvalue weighted by atomic mass is 10.0. The molecule has 27 heavy (non-hydrogen) atoms. The Kier molecular flexibility index (Phi) is 6.51. The quantitative estimate of drug-likeness (QED) is 0.787. The molecule has 2 aromatic rings. The van der Waals surface area contributed by atoms with Crippen molar-refractivity contribution in [2.75, 3.05) is 13.1 Å². The minimum Gasteiger partial charge on any atom is -0.353 e. The summed E-state index contributed by atoms with van der Waals surface area (Å²) in [5, 5.41) is 9.39. The van der Waals surface area contributed by atoms with Crippen LogP contribution in [-0.4, -0.2) is 42.0 Å². The van der Waals surface area contributed by atoms with Crippen molar-refractivity contribution in [2.24, 2.45) is 5.92 Å². The summed E-state index contributed by atoms with van der Waals surface area (Å²) in [6, 6.07) is 15.5. The van der Waals surface area contributed by atoms with E-state index in [0.29, 0.717) is 12.0 Å². The monoisotopic (exact) mass is 367 g/mol. The number of likely N-dealkylation sites (tertiary alicyclic amines) is 1. The van der Waals surface area contributed by atoms with E-state index in [1.165, 1.54) is 16.3 Å². The predicted octanol–water partition coefficient (Wildman–Crippen LogP) is 3.55. The molecule has 2 N–H and O–H groups in total. The zero-order chi connectivity index (χ0) is 19.4. The first-order chi connectivity index (χ1) is 12.9. The van der Waals surface area contributed by atoms with Crippen LogP contribution in [0.2, 0.25) is 0 Å². The van der Waals surface area contributed by atoms with Crippen LogP contribution in [0.15, 0.2) is 42.5 Å². The average Bonchev–Trinajstić information content (AvgIpc) is 3.01. The molecule has 0 unspecified atom stereocenters. The molecule has 2 aromatic carbocycles. The molecule has 1 fully saturated rings. The number of fused-ring (bicyclic) bond motifs is 1. The highest BCUT2D eigenvalue weighted by molar-refractivity contribution is 5.85. The number of hydrogen-bond donors (Lipinski definition) is 2. The van der Waals surface area contributed by atoms with Gasteiger partial charge in [-0.3, -0.25) is 9.69 Å². The Balaban J connectivity index is 1.67. The van der Waals surface area contributed by atoms with Gasteiger partial charge in [0.15, 0.2) is 0 Å². The van der Waals surface area contributed by atoms with Gasteiger partial charge < -0.3 is 10.6 Å². The highest BCUT2D eigenvalue weighted by Crippen LogP contribution is 2.22. The first-order valence-electron chi connectivity index (χ1n) is 10.2. The van der Waals surface area contributed by atoms with Gasteiger partial charge in [0, 0.05) is 31.7 Å². The van der Waals surface area contributed by atoms with Gasteiger partial charge in [0.25, 0.3) is 0 Å². The molecule has 0 aliphatic carbocycles. The van der Waals surface area contributed by atoms with Gasteiger partial charge >= 0.3 is 0 Å². The zero-order valence-electron chi connectivity index (χ0n) is 17.0. The first-order valence-corrected chi connectivity index (χ1v) is 10.2. The second-order valence-corrected chi connectivity index (χ2v) is 8.48. The summed E-state index contributed by atoms with van der Waals surface area (Å²) < 4.78 is 0. The van der Waals surface area contributed by atoms with E-state index in [0.717, 1.165) is 26.1 Å². The molecular formula is C23H33N3O. The molecule has 4 nitrogen and oxygen atoms in total. The van der Waals surface area contributed by atoms with E-state index in [2.05, 4.69) is 71.8 Å². The van der Waals surface area contributed by atoms with E-state index in [1.807, 2.05) is 13.8 Å². The Morgan fingerprint density at radius 3 is 2.59 bits per heavy atom. The van der Waals surface area contributed by atoms with Crippen LogP contribution in [0.3, 0.4) is 0 Å². The van der Waals surface area contributed by atoms with Crippen LogP contribution >= 0.6 is 0 Å². The Bertz CT molecular complexity index is 766. The molecule has 3 rings (SSSR count). The number of nitrogens with one attached hydrogen (secondary N) is 2. The second kappa shape index (κ2) is 8.85. The fraction of sp³-hybridized carbons (Fsp3) is 0.522. The first kappa shape index (κ1) is 19.8. The van der Waals surface area contributed by atoms with Crippen LogP contribution in [0.4, 0.5) is 0 Å². The molecule has 1 aliphatic heterocycles. The number of nitrogens with zero attached hydrogens (tertiary/aromatic N) is 1.